The van der Waals surface area contributed by atoms with Crippen molar-refractivity contribution in [1.29, 1.82) is 0 Å². The van der Waals surface area contributed by atoms with Gasteiger partial charge in [-0.05, 0) is 49.2 Å². The van der Waals surface area contributed by atoms with Gasteiger partial charge in [-0.15, -0.1) is 11.8 Å². The van der Waals surface area contributed by atoms with Gasteiger partial charge in [0.25, 0.3) is 0 Å². The summed E-state index contributed by atoms with van der Waals surface area (Å²) in [5.41, 5.74) is 4.20. The van der Waals surface area contributed by atoms with Gasteiger partial charge < -0.3 is 20.1 Å². The molecule has 176 valence electrons. The maximum Gasteiger partial charge on any atom is 0.414 e. The zero-order valence-electron chi connectivity index (χ0n) is 18.7. The van der Waals surface area contributed by atoms with E-state index >= 15 is 0 Å². The smallest absolute Gasteiger partial charge is 0.414 e. The summed E-state index contributed by atoms with van der Waals surface area (Å²) in [5, 5.41) is 6.31. The molecule has 2 aliphatic rings. The molecule has 1 aromatic heterocycles. The Hall–Kier alpha value is -3.37. The van der Waals surface area contributed by atoms with E-state index in [4.69, 9.17) is 9.47 Å². The second kappa shape index (κ2) is 9.86. The Labute approximate surface area is 201 Å². The summed E-state index contributed by atoms with van der Waals surface area (Å²) in [6, 6.07) is 11.6. The predicted molar refractivity (Wildman–Crippen MR) is 130 cm³/mol. The molecule has 0 saturated carbocycles. The Balaban J connectivity index is 1.12. The van der Waals surface area contributed by atoms with Crippen molar-refractivity contribution in [1.82, 2.24) is 15.3 Å². The minimum Gasteiger partial charge on any atom is -0.480 e. The number of nitrogens with one attached hydrogen (secondary N) is 2. The van der Waals surface area contributed by atoms with Crippen molar-refractivity contribution in [2.24, 2.45) is 0 Å². The first-order valence-electron chi connectivity index (χ1n) is 11.1. The van der Waals surface area contributed by atoms with Crippen molar-refractivity contribution < 1.29 is 19.1 Å². The van der Waals surface area contributed by atoms with Crippen molar-refractivity contribution in [3.8, 4) is 5.88 Å². The van der Waals surface area contributed by atoms with E-state index in [2.05, 4.69) is 20.6 Å². The van der Waals surface area contributed by atoms with Crippen LogP contribution in [0.1, 0.15) is 18.4 Å². The molecule has 1 unspecified atom stereocenters. The predicted octanol–water partition coefficient (Wildman–Crippen LogP) is 3.58. The lowest BCUT2D eigenvalue weighted by atomic mass is 10.1. The molecule has 0 bridgehead atoms. The van der Waals surface area contributed by atoms with Gasteiger partial charge in [-0.2, -0.15) is 0 Å². The molecule has 5 rings (SSSR count). The standard InChI is InChI=1S/C24H25N5O4S/c1-32-22-12-26-18-6-2-4-15(23(18)28-22)11-25-9-3-5-17-13-29(24(31)33-17)16-7-8-20-19(10-16)27-21(30)14-34-20/h2,4,6-8,10,12,17,25H,3,5,9,11,13-14H2,1H3,(H,27,30). The molecule has 10 heteroatoms. The Morgan fingerprint density at radius 3 is 3.09 bits per heavy atom. The Morgan fingerprint density at radius 2 is 2.21 bits per heavy atom. The number of para-hydroxylation sites is 1. The molecule has 2 amide bonds. The molecular formula is C24H25N5O4S. The van der Waals surface area contributed by atoms with Crippen LogP contribution >= 0.6 is 11.8 Å². The second-order valence-corrected chi connectivity index (χ2v) is 9.17. The molecule has 2 aliphatic heterocycles. The number of rotatable bonds is 8. The lowest BCUT2D eigenvalue weighted by Gasteiger charge is -2.20. The molecule has 2 N–H and O–H groups in total. The third-order valence-electron chi connectivity index (χ3n) is 5.82. The van der Waals surface area contributed by atoms with Crippen molar-refractivity contribution >= 4 is 46.2 Å². The fraction of sp³-hybridized carbons (Fsp3) is 0.333. The van der Waals surface area contributed by atoms with E-state index in [1.807, 2.05) is 36.4 Å². The molecule has 9 nitrogen and oxygen atoms in total. The summed E-state index contributed by atoms with van der Waals surface area (Å²) >= 11 is 1.50. The summed E-state index contributed by atoms with van der Waals surface area (Å²) in [4.78, 5) is 35.7. The summed E-state index contributed by atoms with van der Waals surface area (Å²) in [6.45, 7) is 1.94. The van der Waals surface area contributed by atoms with Gasteiger partial charge in [0.05, 0.1) is 42.3 Å². The van der Waals surface area contributed by atoms with Gasteiger partial charge in [0.1, 0.15) is 6.10 Å². The van der Waals surface area contributed by atoms with E-state index in [9.17, 15) is 9.59 Å². The van der Waals surface area contributed by atoms with Crippen molar-refractivity contribution in [2.75, 3.05) is 36.2 Å². The van der Waals surface area contributed by atoms with E-state index in [1.54, 1.807) is 18.2 Å². The molecule has 1 atom stereocenters. The maximum atomic E-state index is 12.4. The number of thioether (sulfide) groups is 1. The third kappa shape index (κ3) is 4.78. The molecule has 0 aliphatic carbocycles. The van der Waals surface area contributed by atoms with Crippen LogP contribution in [-0.4, -0.2) is 54.0 Å². The highest BCUT2D eigenvalue weighted by Gasteiger charge is 2.32. The second-order valence-electron chi connectivity index (χ2n) is 8.15. The number of hydrogen-bond acceptors (Lipinski definition) is 8. The van der Waals surface area contributed by atoms with Crippen molar-refractivity contribution in [3.63, 3.8) is 0 Å². The van der Waals surface area contributed by atoms with Crippen LogP contribution in [0.15, 0.2) is 47.5 Å². The van der Waals surface area contributed by atoms with Crippen LogP contribution in [-0.2, 0) is 16.1 Å². The number of aromatic nitrogens is 2. The Bertz CT molecular complexity index is 1240. The summed E-state index contributed by atoms with van der Waals surface area (Å²) in [5.74, 6) is 0.877. The van der Waals surface area contributed by atoms with Crippen LogP contribution in [0.2, 0.25) is 0 Å². The molecule has 3 heterocycles. The number of carbonyl (C=O) groups excluding carboxylic acids is 2. The number of benzene rings is 2. The van der Waals surface area contributed by atoms with Gasteiger partial charge in [0, 0.05) is 17.1 Å². The Kier molecular flexibility index (Phi) is 6.50. The number of nitrogens with zero attached hydrogens (tertiary/aromatic N) is 3. The monoisotopic (exact) mass is 479 g/mol. The summed E-state index contributed by atoms with van der Waals surface area (Å²) in [6.07, 6.45) is 2.72. The fourth-order valence-electron chi connectivity index (χ4n) is 4.12. The lowest BCUT2D eigenvalue weighted by Crippen LogP contribution is -2.25. The molecule has 3 aromatic rings. The minimum absolute atomic E-state index is 0.0290. The minimum atomic E-state index is -0.351. The zero-order valence-corrected chi connectivity index (χ0v) is 19.6. The van der Waals surface area contributed by atoms with E-state index in [0.717, 1.165) is 52.3 Å². The van der Waals surface area contributed by atoms with Crippen LogP contribution in [0.5, 0.6) is 5.88 Å². The molecule has 1 saturated heterocycles. The van der Waals surface area contributed by atoms with Crippen LogP contribution in [0.25, 0.3) is 11.0 Å². The van der Waals surface area contributed by atoms with Crippen LogP contribution in [0.4, 0.5) is 16.2 Å². The van der Waals surface area contributed by atoms with Crippen LogP contribution < -0.4 is 20.3 Å². The van der Waals surface area contributed by atoms with Gasteiger partial charge in [0.15, 0.2) is 0 Å². The number of ether oxygens (including phenoxy) is 2. The number of fused-ring (bicyclic) bond motifs is 2. The number of hydrogen-bond donors (Lipinski definition) is 2. The first-order valence-corrected chi connectivity index (χ1v) is 12.1. The molecule has 1 fully saturated rings. The average Bonchev–Trinajstić information content (AvgIpc) is 3.23. The Morgan fingerprint density at radius 1 is 1.29 bits per heavy atom. The SMILES string of the molecule is COc1cnc2cccc(CNCCCC3CN(c4ccc5c(c4)NC(=O)CS5)C(=O)O3)c2n1. The first kappa shape index (κ1) is 22.4. The number of methoxy groups -OCH3 is 1. The number of amides is 2. The third-order valence-corrected chi connectivity index (χ3v) is 6.89. The molecular weight excluding hydrogens is 454 g/mol. The first-order chi connectivity index (χ1) is 16.6. The van der Waals surface area contributed by atoms with Crippen LogP contribution in [0, 0.1) is 0 Å². The van der Waals surface area contributed by atoms with E-state index < -0.39 is 0 Å². The maximum absolute atomic E-state index is 12.4. The lowest BCUT2D eigenvalue weighted by molar-refractivity contribution is -0.113. The van der Waals surface area contributed by atoms with Crippen molar-refractivity contribution in [2.45, 2.75) is 30.4 Å². The van der Waals surface area contributed by atoms with Gasteiger partial charge >= 0.3 is 6.09 Å². The topological polar surface area (TPSA) is 106 Å². The van der Waals surface area contributed by atoms with Crippen LogP contribution in [0.3, 0.4) is 0 Å². The highest BCUT2D eigenvalue weighted by Crippen LogP contribution is 2.35. The normalized spacial score (nSPS) is 17.4. The highest BCUT2D eigenvalue weighted by molar-refractivity contribution is 8.00. The quantitative estimate of drug-likeness (QED) is 0.473. The molecule has 34 heavy (non-hydrogen) atoms. The largest absolute Gasteiger partial charge is 0.480 e. The molecule has 2 aromatic carbocycles. The van der Waals surface area contributed by atoms with Crippen molar-refractivity contribution in [3.05, 3.63) is 48.2 Å². The number of cyclic esters (lactones) is 1. The molecule has 0 spiro atoms. The molecule has 0 radical (unpaired) electrons. The number of anilines is 2. The van der Waals surface area contributed by atoms with E-state index in [0.29, 0.717) is 24.7 Å². The van der Waals surface area contributed by atoms with Gasteiger partial charge in [-0.25, -0.2) is 14.8 Å². The average molecular weight is 480 g/mol. The van der Waals surface area contributed by atoms with Gasteiger partial charge in [-0.1, -0.05) is 12.1 Å². The van der Waals surface area contributed by atoms with E-state index in [-0.39, 0.29) is 18.1 Å². The van der Waals surface area contributed by atoms with E-state index in [1.165, 1.54) is 11.8 Å². The highest BCUT2D eigenvalue weighted by atomic mass is 32.2. The van der Waals surface area contributed by atoms with Gasteiger partial charge in [0.2, 0.25) is 11.8 Å². The zero-order chi connectivity index (χ0) is 23.5. The number of carbonyl (C=O) groups is 2. The fourth-order valence-corrected chi connectivity index (χ4v) is 4.90. The summed E-state index contributed by atoms with van der Waals surface area (Å²) < 4.78 is 10.8. The van der Waals surface area contributed by atoms with Gasteiger partial charge in [-0.3, -0.25) is 9.69 Å². The summed E-state index contributed by atoms with van der Waals surface area (Å²) in [7, 11) is 1.58.